The third kappa shape index (κ3) is 4.77. The summed E-state index contributed by atoms with van der Waals surface area (Å²) < 4.78 is 11.2. The molecular weight excluding hydrogens is 284 g/mol. The third-order valence-electron chi connectivity index (χ3n) is 2.93. The maximum atomic E-state index is 5.64. The molecule has 0 bridgehead atoms. The minimum atomic E-state index is 0.199. The van der Waals surface area contributed by atoms with Crippen LogP contribution in [0.5, 0.6) is 5.75 Å². The Balaban J connectivity index is 1.87. The van der Waals surface area contributed by atoms with Crippen LogP contribution in [0.3, 0.4) is 0 Å². The summed E-state index contributed by atoms with van der Waals surface area (Å²) in [7, 11) is 0. The van der Waals surface area contributed by atoms with E-state index < -0.39 is 0 Å². The van der Waals surface area contributed by atoms with Gasteiger partial charge in [0.15, 0.2) is 0 Å². The lowest BCUT2D eigenvalue weighted by Gasteiger charge is -2.10. The molecule has 1 atom stereocenters. The quantitative estimate of drug-likeness (QED) is 0.758. The molecule has 21 heavy (non-hydrogen) atoms. The average molecular weight is 306 g/mol. The second-order valence-corrected chi connectivity index (χ2v) is 6.48. The molecule has 0 aliphatic rings. The van der Waals surface area contributed by atoms with E-state index in [4.69, 9.17) is 9.15 Å². The van der Waals surface area contributed by atoms with Crippen molar-refractivity contribution >= 4 is 11.8 Å². The van der Waals surface area contributed by atoms with Crippen LogP contribution in [0, 0.1) is 0 Å². The zero-order valence-electron chi connectivity index (χ0n) is 13.0. The lowest BCUT2D eigenvalue weighted by Crippen LogP contribution is -2.05. The van der Waals surface area contributed by atoms with Crippen LogP contribution in [0.2, 0.25) is 0 Å². The monoisotopic (exact) mass is 306 g/mol. The van der Waals surface area contributed by atoms with Gasteiger partial charge in [-0.3, -0.25) is 0 Å². The smallest absolute Gasteiger partial charge is 0.229 e. The maximum absolute atomic E-state index is 5.64. The van der Waals surface area contributed by atoms with Crippen molar-refractivity contribution in [1.29, 1.82) is 0 Å². The molecular formula is C16H22N2O2S. The number of benzene rings is 1. The first-order valence-electron chi connectivity index (χ1n) is 7.28. The van der Waals surface area contributed by atoms with E-state index >= 15 is 0 Å². The number of aromatic nitrogens is 2. The van der Waals surface area contributed by atoms with E-state index in [0.717, 1.165) is 17.9 Å². The number of hydrogen-bond donors (Lipinski definition) is 0. The van der Waals surface area contributed by atoms with Crippen LogP contribution in [-0.4, -0.2) is 16.3 Å². The first-order chi connectivity index (χ1) is 10.1. The van der Waals surface area contributed by atoms with E-state index in [1.54, 1.807) is 11.8 Å². The third-order valence-corrected chi connectivity index (χ3v) is 4.13. The van der Waals surface area contributed by atoms with Crippen LogP contribution >= 0.6 is 11.8 Å². The standard InChI is InChI=1S/C16H22N2O2S/c1-5-15-17-18-16(20-15)12(4)21-10-13-6-8-14(9-7-13)19-11(2)3/h6-9,11-12H,5,10H2,1-4H3. The first-order valence-corrected chi connectivity index (χ1v) is 8.32. The highest BCUT2D eigenvalue weighted by Crippen LogP contribution is 2.30. The van der Waals surface area contributed by atoms with E-state index in [-0.39, 0.29) is 11.4 Å². The Kier molecular flexibility index (Phi) is 5.67. The van der Waals surface area contributed by atoms with E-state index in [9.17, 15) is 0 Å². The van der Waals surface area contributed by atoms with E-state index in [0.29, 0.717) is 11.8 Å². The fraction of sp³-hybridized carbons (Fsp3) is 0.500. The Morgan fingerprint density at radius 1 is 1.14 bits per heavy atom. The molecule has 2 aromatic rings. The Hall–Kier alpha value is -1.49. The minimum absolute atomic E-state index is 0.199. The van der Waals surface area contributed by atoms with Gasteiger partial charge in [-0.05, 0) is 38.5 Å². The van der Waals surface area contributed by atoms with Crippen molar-refractivity contribution in [3.05, 3.63) is 41.6 Å². The van der Waals surface area contributed by atoms with Crippen LogP contribution in [0.1, 0.15) is 50.3 Å². The number of hydrogen-bond acceptors (Lipinski definition) is 5. The predicted molar refractivity (Wildman–Crippen MR) is 85.6 cm³/mol. The van der Waals surface area contributed by atoms with Crippen molar-refractivity contribution < 1.29 is 9.15 Å². The zero-order chi connectivity index (χ0) is 15.2. The highest BCUT2D eigenvalue weighted by atomic mass is 32.2. The molecule has 0 aliphatic heterocycles. The second-order valence-electron chi connectivity index (χ2n) is 5.15. The Labute approximate surface area is 130 Å². The SMILES string of the molecule is CCc1nnc(C(C)SCc2ccc(OC(C)C)cc2)o1. The molecule has 1 heterocycles. The van der Waals surface area contributed by atoms with Gasteiger partial charge in [-0.2, -0.15) is 0 Å². The van der Waals surface area contributed by atoms with Crippen molar-refractivity contribution in [2.45, 2.75) is 51.2 Å². The molecule has 0 aliphatic carbocycles. The van der Waals surface area contributed by atoms with Gasteiger partial charge in [-0.25, -0.2) is 0 Å². The van der Waals surface area contributed by atoms with Gasteiger partial charge in [0.1, 0.15) is 5.75 Å². The summed E-state index contributed by atoms with van der Waals surface area (Å²) in [5, 5.41) is 8.29. The molecule has 0 saturated heterocycles. The van der Waals surface area contributed by atoms with Gasteiger partial charge >= 0.3 is 0 Å². The molecule has 2 rings (SSSR count). The molecule has 1 unspecified atom stereocenters. The molecule has 1 aromatic heterocycles. The van der Waals surface area contributed by atoms with Gasteiger partial charge < -0.3 is 9.15 Å². The van der Waals surface area contributed by atoms with E-state index in [1.165, 1.54) is 5.56 Å². The normalized spacial score (nSPS) is 12.6. The number of ether oxygens (including phenoxy) is 1. The summed E-state index contributed by atoms with van der Waals surface area (Å²) in [6.07, 6.45) is 0.984. The van der Waals surface area contributed by atoms with Gasteiger partial charge in [0, 0.05) is 12.2 Å². The van der Waals surface area contributed by atoms with Crippen molar-refractivity contribution in [3.8, 4) is 5.75 Å². The summed E-state index contributed by atoms with van der Waals surface area (Å²) in [6.45, 7) is 8.16. The minimum Gasteiger partial charge on any atom is -0.491 e. The molecule has 4 nitrogen and oxygen atoms in total. The highest BCUT2D eigenvalue weighted by molar-refractivity contribution is 7.98. The summed E-state index contributed by atoms with van der Waals surface area (Å²) in [6, 6.07) is 8.23. The van der Waals surface area contributed by atoms with Crippen LogP contribution in [0.25, 0.3) is 0 Å². The van der Waals surface area contributed by atoms with Gasteiger partial charge in [0.25, 0.3) is 0 Å². The van der Waals surface area contributed by atoms with Gasteiger partial charge in [-0.15, -0.1) is 22.0 Å². The molecule has 1 aromatic carbocycles. The van der Waals surface area contributed by atoms with Crippen LogP contribution in [0.4, 0.5) is 0 Å². The maximum Gasteiger partial charge on any atom is 0.229 e. The van der Waals surface area contributed by atoms with Gasteiger partial charge in [-0.1, -0.05) is 19.1 Å². The number of thioether (sulfide) groups is 1. The second kappa shape index (κ2) is 7.50. The summed E-state index contributed by atoms with van der Waals surface area (Å²) >= 11 is 1.79. The van der Waals surface area contributed by atoms with E-state index in [1.807, 2.05) is 32.9 Å². The number of nitrogens with zero attached hydrogens (tertiary/aromatic N) is 2. The van der Waals surface area contributed by atoms with Crippen molar-refractivity contribution in [1.82, 2.24) is 10.2 Å². The molecule has 0 fully saturated rings. The molecule has 0 N–H and O–H groups in total. The fourth-order valence-electron chi connectivity index (χ4n) is 1.80. The Morgan fingerprint density at radius 3 is 2.43 bits per heavy atom. The Bertz CT molecular complexity index is 552. The highest BCUT2D eigenvalue weighted by Gasteiger charge is 2.13. The summed E-state index contributed by atoms with van der Waals surface area (Å²) in [4.78, 5) is 0. The van der Waals surface area contributed by atoms with Gasteiger partial charge in [0.2, 0.25) is 11.8 Å². The molecule has 114 valence electrons. The molecule has 0 radical (unpaired) electrons. The predicted octanol–water partition coefficient (Wildman–Crippen LogP) is 4.41. The van der Waals surface area contributed by atoms with Crippen LogP contribution in [-0.2, 0) is 12.2 Å². The molecule has 0 spiro atoms. The van der Waals surface area contributed by atoms with Crippen LogP contribution in [0.15, 0.2) is 28.7 Å². The lowest BCUT2D eigenvalue weighted by molar-refractivity contribution is 0.242. The molecule has 0 amide bonds. The van der Waals surface area contributed by atoms with E-state index in [2.05, 4.69) is 29.3 Å². The fourth-order valence-corrected chi connectivity index (χ4v) is 2.68. The van der Waals surface area contributed by atoms with Crippen molar-refractivity contribution in [2.75, 3.05) is 0 Å². The largest absolute Gasteiger partial charge is 0.491 e. The average Bonchev–Trinajstić information content (AvgIpc) is 2.94. The lowest BCUT2D eigenvalue weighted by atomic mass is 10.2. The number of rotatable bonds is 7. The molecule has 0 saturated carbocycles. The summed E-state index contributed by atoms with van der Waals surface area (Å²) in [5.41, 5.74) is 1.26. The van der Waals surface area contributed by atoms with Crippen molar-refractivity contribution in [3.63, 3.8) is 0 Å². The summed E-state index contributed by atoms with van der Waals surface area (Å²) in [5.74, 6) is 3.23. The number of aryl methyl sites for hydroxylation is 1. The molecule has 5 heteroatoms. The van der Waals surface area contributed by atoms with Crippen LogP contribution < -0.4 is 4.74 Å². The Morgan fingerprint density at radius 2 is 1.86 bits per heavy atom. The topological polar surface area (TPSA) is 48.2 Å². The van der Waals surface area contributed by atoms with Crippen molar-refractivity contribution in [2.24, 2.45) is 0 Å². The van der Waals surface area contributed by atoms with Gasteiger partial charge in [0.05, 0.1) is 11.4 Å². The zero-order valence-corrected chi connectivity index (χ0v) is 13.8. The first kappa shape index (κ1) is 15.9.